The molecule has 0 bridgehead atoms. The van der Waals surface area contributed by atoms with Gasteiger partial charge in [-0.25, -0.2) is 4.98 Å². The minimum Gasteiger partial charge on any atom is -0.501 e. The molecule has 10 aromatic rings. The van der Waals surface area contributed by atoms with E-state index in [1.165, 1.54) is 22.3 Å². The van der Waals surface area contributed by atoms with Crippen molar-refractivity contribution in [2.24, 2.45) is 0 Å². The Morgan fingerprint density at radius 2 is 1.37 bits per heavy atom. The molecule has 0 unspecified atom stereocenters. The molecule has 0 aliphatic carbocycles. The second kappa shape index (κ2) is 19.1. The van der Waals surface area contributed by atoms with Crippen molar-refractivity contribution < 1.29 is 27.3 Å². The van der Waals surface area contributed by atoms with E-state index in [1.54, 1.807) is 0 Å². The Bertz CT molecular complexity index is 3310. The summed E-state index contributed by atoms with van der Waals surface area (Å²) in [6, 6.07) is 55.3. The number of pyridine rings is 2. The predicted molar refractivity (Wildman–Crippen MR) is 270 cm³/mol. The molecule has 10 rings (SSSR count). The molecule has 5 nitrogen and oxygen atoms in total. The van der Waals surface area contributed by atoms with Crippen molar-refractivity contribution in [3.8, 4) is 39.5 Å². The van der Waals surface area contributed by atoms with Gasteiger partial charge in [-0.15, -0.1) is 54.1 Å². The Morgan fingerprint density at radius 3 is 2.05 bits per heavy atom. The number of nitrogens with zero attached hydrogens (tertiary/aromatic N) is 4. The quantitative estimate of drug-likeness (QED) is 0.107. The van der Waals surface area contributed by atoms with Crippen molar-refractivity contribution in [1.82, 2.24) is 19.5 Å². The van der Waals surface area contributed by atoms with E-state index < -0.39 is 14.4 Å². The molecule has 0 fully saturated rings. The van der Waals surface area contributed by atoms with Crippen LogP contribution < -0.4 is 5.19 Å². The first kappa shape index (κ1) is 42.7. The van der Waals surface area contributed by atoms with Crippen LogP contribution in [0, 0.1) is 19.1 Å². The van der Waals surface area contributed by atoms with Gasteiger partial charge in [-0.2, -0.15) is 0 Å². The van der Waals surface area contributed by atoms with Crippen molar-refractivity contribution in [3.63, 3.8) is 0 Å². The fraction of sp³-hybridized carbons (Fsp3) is 0.190. The van der Waals surface area contributed by atoms with Crippen LogP contribution in [0.5, 0.6) is 0 Å². The topological polar surface area (TPSA) is 56.7 Å². The number of benzene rings is 6. The van der Waals surface area contributed by atoms with E-state index in [1.807, 2.05) is 97.3 Å². The summed E-state index contributed by atoms with van der Waals surface area (Å²) in [6.45, 7) is 17.8. The third-order valence-corrected chi connectivity index (χ3v) is 13.7. The minimum atomic E-state index is -1.76. The van der Waals surface area contributed by atoms with Gasteiger partial charge < -0.3 is 14.0 Å². The number of rotatable bonds is 9. The molecule has 0 atom stereocenters. The van der Waals surface area contributed by atoms with Gasteiger partial charge in [0.2, 0.25) is 0 Å². The largest absolute Gasteiger partial charge is 0.501 e. The molecule has 0 aliphatic heterocycles. The molecule has 65 heavy (non-hydrogen) atoms. The van der Waals surface area contributed by atoms with Crippen molar-refractivity contribution in [1.29, 1.82) is 0 Å². The van der Waals surface area contributed by atoms with Gasteiger partial charge in [-0.3, -0.25) is 4.98 Å². The van der Waals surface area contributed by atoms with Gasteiger partial charge in [0.25, 0.3) is 0 Å². The minimum absolute atomic E-state index is 0. The van der Waals surface area contributed by atoms with Crippen LogP contribution >= 0.6 is 0 Å². The normalized spacial score (nSPS) is 12.3. The van der Waals surface area contributed by atoms with Crippen molar-refractivity contribution in [2.45, 2.75) is 72.5 Å². The summed E-state index contributed by atoms with van der Waals surface area (Å²) < 4.78 is 26.4. The summed E-state index contributed by atoms with van der Waals surface area (Å²) in [5.41, 5.74) is 14.4. The summed E-state index contributed by atoms with van der Waals surface area (Å²) in [6.07, 6.45) is 2.24. The molecule has 0 amide bonds. The molecule has 0 saturated heterocycles. The number of para-hydroxylation sites is 1. The second-order valence-electron chi connectivity index (χ2n) is 18.1. The smallest absolute Gasteiger partial charge is 0.155 e. The van der Waals surface area contributed by atoms with Crippen LogP contribution in [-0.4, -0.2) is 27.6 Å². The molecule has 4 heterocycles. The number of hydrogen-bond acceptors (Lipinski definition) is 4. The molecule has 0 spiro atoms. The van der Waals surface area contributed by atoms with E-state index in [-0.39, 0.29) is 31.9 Å². The number of fused-ring (bicyclic) bond motifs is 4. The number of aromatic nitrogens is 4. The van der Waals surface area contributed by atoms with Crippen LogP contribution in [0.3, 0.4) is 0 Å². The molecular weight excluding hydrogens is 989 g/mol. The Kier molecular flexibility index (Phi) is 12.5. The van der Waals surface area contributed by atoms with Crippen LogP contribution in [0.15, 0.2) is 162 Å². The van der Waals surface area contributed by atoms with E-state index in [2.05, 4.69) is 137 Å². The monoisotopic (exact) mass is 1050 g/mol. The molecular formula is C58H54IrN4OSi-2. The predicted octanol–water partition coefficient (Wildman–Crippen LogP) is 14.7. The number of hydrogen-bond donors (Lipinski definition) is 0. The number of aryl methyl sites for hydroxylation is 1. The maximum atomic E-state index is 8.84. The average molecular weight is 1050 g/mol. The molecule has 0 N–H and O–H groups in total. The first-order valence-corrected chi connectivity index (χ1v) is 25.7. The Morgan fingerprint density at radius 1 is 0.692 bits per heavy atom. The zero-order valence-electron chi connectivity index (χ0n) is 40.2. The molecule has 6 aromatic carbocycles. The Labute approximate surface area is 400 Å². The summed E-state index contributed by atoms with van der Waals surface area (Å²) in [7, 11) is -1.76. The Hall–Kier alpha value is -6.24. The standard InChI is InChI=1S/C37H32N3O.C21H22NSi.Ir/c1-22(2)30-19-26(25-12-7-6-8-13-25)20-31(23(3)4)34(30)40-36(39-32-18-24(5)21-38-37(32)40)29-16-11-15-28-27-14-9-10-17-33(27)41-35(28)29;1-23(2,3)21-16-22-20(18-12-8-5-9-13-18)15-19(21)14-17-10-6-4-7-11-17;/h6-15,17-23H,1-5H3;4-12,15-16H,14H2,1-3H3;/q2*-1;/i;14D2;. The summed E-state index contributed by atoms with van der Waals surface area (Å²) in [5, 5.41) is 3.21. The van der Waals surface area contributed by atoms with Gasteiger partial charge in [-0.1, -0.05) is 149 Å². The van der Waals surface area contributed by atoms with Crippen LogP contribution in [0.4, 0.5) is 0 Å². The van der Waals surface area contributed by atoms with Gasteiger partial charge >= 0.3 is 0 Å². The van der Waals surface area contributed by atoms with E-state index >= 15 is 0 Å². The average Bonchev–Trinajstić information content (AvgIpc) is 3.90. The van der Waals surface area contributed by atoms with Crippen LogP contribution in [0.1, 0.15) is 70.1 Å². The van der Waals surface area contributed by atoms with E-state index in [4.69, 9.17) is 17.1 Å². The molecule has 0 aliphatic rings. The SMILES string of the molecule is Cc1cnc2c(c1)nc(-c1[c-]ccc3c1oc1ccccc13)n2-c1c(C(C)C)cc(-c2ccccc2)cc1C(C)C.[2H]C([2H])(c1ccccc1)c1cc(-c2[c-]cccc2)ncc1[Si](C)(C)C.[Ir]. The van der Waals surface area contributed by atoms with Crippen LogP contribution in [-0.2, 0) is 26.5 Å². The van der Waals surface area contributed by atoms with Gasteiger partial charge in [0.1, 0.15) is 5.58 Å². The Balaban J connectivity index is 0.000000201. The zero-order chi connectivity index (χ0) is 46.3. The number of furan rings is 1. The molecule has 327 valence electrons. The van der Waals surface area contributed by atoms with Gasteiger partial charge in [0.05, 0.1) is 25.0 Å². The maximum absolute atomic E-state index is 8.84. The number of imidazole rings is 1. The van der Waals surface area contributed by atoms with Crippen LogP contribution in [0.2, 0.25) is 19.6 Å². The second-order valence-corrected chi connectivity index (χ2v) is 23.2. The van der Waals surface area contributed by atoms with Gasteiger partial charge in [0.15, 0.2) is 5.65 Å². The van der Waals surface area contributed by atoms with E-state index in [0.717, 1.165) is 77.7 Å². The first-order chi connectivity index (χ1) is 31.7. The van der Waals surface area contributed by atoms with Crippen molar-refractivity contribution in [3.05, 3.63) is 198 Å². The maximum Gasteiger partial charge on any atom is 0.155 e. The summed E-state index contributed by atoms with van der Waals surface area (Å²) in [5.74, 6) is 1.33. The fourth-order valence-electron chi connectivity index (χ4n) is 8.45. The zero-order valence-corrected chi connectivity index (χ0v) is 41.6. The van der Waals surface area contributed by atoms with Gasteiger partial charge in [-0.05, 0) is 93.7 Å². The van der Waals surface area contributed by atoms with Gasteiger partial charge in [0, 0.05) is 46.3 Å². The molecule has 0 saturated carbocycles. The van der Waals surface area contributed by atoms with Crippen LogP contribution in [0.25, 0.3) is 72.6 Å². The summed E-state index contributed by atoms with van der Waals surface area (Å²) >= 11 is 0. The molecule has 4 aromatic heterocycles. The third-order valence-electron chi connectivity index (χ3n) is 11.7. The summed E-state index contributed by atoms with van der Waals surface area (Å²) in [4.78, 5) is 14.8. The molecule has 1 radical (unpaired) electrons. The van der Waals surface area contributed by atoms with E-state index in [0.29, 0.717) is 5.56 Å². The van der Waals surface area contributed by atoms with E-state index in [9.17, 15) is 0 Å². The van der Waals surface area contributed by atoms with Crippen molar-refractivity contribution in [2.75, 3.05) is 0 Å². The molecule has 7 heteroatoms. The van der Waals surface area contributed by atoms with Crippen molar-refractivity contribution >= 4 is 46.4 Å². The first-order valence-electron chi connectivity index (χ1n) is 23.2. The fourth-order valence-corrected chi connectivity index (χ4v) is 9.85. The third kappa shape index (κ3) is 9.33.